The van der Waals surface area contributed by atoms with Crippen LogP contribution in [0.4, 0.5) is 0 Å². The molecule has 0 bridgehead atoms. The molecule has 3 heteroatoms. The summed E-state index contributed by atoms with van der Waals surface area (Å²) in [4.78, 5) is 2.65. The Bertz CT molecular complexity index is 476. The Morgan fingerprint density at radius 2 is 2.00 bits per heavy atom. The summed E-state index contributed by atoms with van der Waals surface area (Å²) in [7, 11) is 0. The number of piperidine rings is 1. The van der Waals surface area contributed by atoms with E-state index in [1.165, 1.54) is 57.4 Å². The van der Waals surface area contributed by atoms with Crippen molar-refractivity contribution in [3.05, 3.63) is 29.8 Å². The van der Waals surface area contributed by atoms with Gasteiger partial charge in [0.2, 0.25) is 0 Å². The Morgan fingerprint density at radius 1 is 1.14 bits per heavy atom. The zero-order chi connectivity index (χ0) is 14.1. The predicted octanol–water partition coefficient (Wildman–Crippen LogP) is 2.63. The molecule has 0 spiro atoms. The van der Waals surface area contributed by atoms with Crippen molar-refractivity contribution in [2.75, 3.05) is 32.8 Å². The lowest BCUT2D eigenvalue weighted by Crippen LogP contribution is -2.42. The summed E-state index contributed by atoms with van der Waals surface area (Å²) < 4.78 is 5.82. The summed E-state index contributed by atoms with van der Waals surface area (Å²) in [5.41, 5.74) is 1.41. The van der Waals surface area contributed by atoms with Gasteiger partial charge in [-0.25, -0.2) is 0 Å². The molecule has 3 aliphatic rings. The van der Waals surface area contributed by atoms with Gasteiger partial charge in [-0.3, -0.25) is 0 Å². The van der Waals surface area contributed by atoms with Gasteiger partial charge < -0.3 is 15.0 Å². The van der Waals surface area contributed by atoms with Crippen LogP contribution in [0.3, 0.4) is 0 Å². The molecule has 114 valence electrons. The molecule has 0 aromatic heterocycles. The number of benzene rings is 1. The van der Waals surface area contributed by atoms with Crippen molar-refractivity contribution >= 4 is 0 Å². The van der Waals surface area contributed by atoms with Gasteiger partial charge in [0, 0.05) is 24.1 Å². The van der Waals surface area contributed by atoms with Crippen LogP contribution in [0, 0.1) is 5.92 Å². The van der Waals surface area contributed by atoms with E-state index in [0.717, 1.165) is 24.3 Å². The molecule has 0 aliphatic carbocycles. The van der Waals surface area contributed by atoms with Crippen LogP contribution in [-0.2, 0) is 0 Å². The van der Waals surface area contributed by atoms with Crippen LogP contribution >= 0.6 is 0 Å². The summed E-state index contributed by atoms with van der Waals surface area (Å²) >= 11 is 0. The summed E-state index contributed by atoms with van der Waals surface area (Å²) in [5, 5.41) is 3.69. The first-order chi connectivity index (χ1) is 10.4. The first-order valence-electron chi connectivity index (χ1n) is 8.57. The summed E-state index contributed by atoms with van der Waals surface area (Å²) in [6.45, 7) is 5.80. The first-order valence-corrected chi connectivity index (χ1v) is 8.57. The van der Waals surface area contributed by atoms with Crippen molar-refractivity contribution in [1.29, 1.82) is 0 Å². The fourth-order valence-corrected chi connectivity index (χ4v) is 4.34. The smallest absolute Gasteiger partial charge is 0.122 e. The standard InChI is InChI=1S/C18H26N2O/c1-2-6-18-16(4-1)15(13-21-18)12-20-10-7-14(8-11-20)17-5-3-9-19-17/h1-2,4,6,14-15,17,19H,3,5,7-13H2. The zero-order valence-corrected chi connectivity index (χ0v) is 12.8. The highest BCUT2D eigenvalue weighted by atomic mass is 16.5. The Morgan fingerprint density at radius 3 is 2.81 bits per heavy atom. The van der Waals surface area contributed by atoms with E-state index in [4.69, 9.17) is 4.74 Å². The molecular formula is C18H26N2O. The molecule has 1 aromatic rings. The SMILES string of the molecule is c1ccc2c(c1)OCC2CN1CCC(C2CCCN2)CC1. The van der Waals surface area contributed by atoms with E-state index in [9.17, 15) is 0 Å². The molecule has 0 saturated carbocycles. The molecule has 1 N–H and O–H groups in total. The molecule has 2 saturated heterocycles. The van der Waals surface area contributed by atoms with E-state index in [-0.39, 0.29) is 0 Å². The van der Waals surface area contributed by atoms with Crippen LogP contribution in [0.25, 0.3) is 0 Å². The minimum atomic E-state index is 0.572. The Hall–Kier alpha value is -1.06. The maximum absolute atomic E-state index is 5.82. The lowest BCUT2D eigenvalue weighted by atomic mass is 9.88. The van der Waals surface area contributed by atoms with Gasteiger partial charge in [0.1, 0.15) is 5.75 Å². The zero-order valence-electron chi connectivity index (χ0n) is 12.8. The number of fused-ring (bicyclic) bond motifs is 1. The minimum Gasteiger partial charge on any atom is -0.493 e. The van der Waals surface area contributed by atoms with Crippen molar-refractivity contribution in [3.63, 3.8) is 0 Å². The van der Waals surface area contributed by atoms with Crippen molar-refractivity contribution in [3.8, 4) is 5.75 Å². The molecule has 4 rings (SSSR count). The third-order valence-corrected chi connectivity index (χ3v) is 5.58. The maximum Gasteiger partial charge on any atom is 0.122 e. The number of hydrogen-bond acceptors (Lipinski definition) is 3. The normalized spacial score (nSPS) is 30.3. The third-order valence-electron chi connectivity index (χ3n) is 5.58. The van der Waals surface area contributed by atoms with Crippen LogP contribution < -0.4 is 10.1 Å². The van der Waals surface area contributed by atoms with Crippen LogP contribution in [-0.4, -0.2) is 43.7 Å². The average molecular weight is 286 g/mol. The fourth-order valence-electron chi connectivity index (χ4n) is 4.34. The van der Waals surface area contributed by atoms with E-state index < -0.39 is 0 Å². The van der Waals surface area contributed by atoms with Gasteiger partial charge in [-0.05, 0) is 57.3 Å². The number of ether oxygens (including phenoxy) is 1. The van der Waals surface area contributed by atoms with Crippen molar-refractivity contribution in [1.82, 2.24) is 10.2 Å². The Labute approximate surface area is 127 Å². The molecule has 2 unspecified atom stereocenters. The van der Waals surface area contributed by atoms with E-state index in [1.807, 2.05) is 0 Å². The minimum absolute atomic E-state index is 0.572. The van der Waals surface area contributed by atoms with Crippen LogP contribution in [0.1, 0.15) is 37.2 Å². The Kier molecular flexibility index (Phi) is 3.87. The second-order valence-electron chi connectivity index (χ2n) is 6.89. The molecule has 3 nitrogen and oxygen atoms in total. The number of para-hydroxylation sites is 1. The second-order valence-corrected chi connectivity index (χ2v) is 6.89. The van der Waals surface area contributed by atoms with Gasteiger partial charge >= 0.3 is 0 Å². The lowest BCUT2D eigenvalue weighted by molar-refractivity contribution is 0.150. The molecule has 1 aromatic carbocycles. The molecule has 0 radical (unpaired) electrons. The first kappa shape index (κ1) is 13.6. The van der Waals surface area contributed by atoms with Gasteiger partial charge in [0.05, 0.1) is 6.61 Å². The van der Waals surface area contributed by atoms with Gasteiger partial charge in [-0.15, -0.1) is 0 Å². The molecule has 3 aliphatic heterocycles. The van der Waals surface area contributed by atoms with Crippen molar-refractivity contribution in [2.24, 2.45) is 5.92 Å². The second kappa shape index (κ2) is 5.98. The van der Waals surface area contributed by atoms with Crippen molar-refractivity contribution in [2.45, 2.75) is 37.6 Å². The lowest BCUT2D eigenvalue weighted by Gasteiger charge is -2.35. The number of rotatable bonds is 3. The fraction of sp³-hybridized carbons (Fsp3) is 0.667. The summed E-state index contributed by atoms with van der Waals surface area (Å²) in [6, 6.07) is 9.36. The number of hydrogen-bond donors (Lipinski definition) is 1. The highest BCUT2D eigenvalue weighted by Crippen LogP contribution is 2.35. The predicted molar refractivity (Wildman–Crippen MR) is 84.9 cm³/mol. The average Bonchev–Trinajstić information content (AvgIpc) is 3.19. The van der Waals surface area contributed by atoms with Gasteiger partial charge in [-0.2, -0.15) is 0 Å². The van der Waals surface area contributed by atoms with Crippen molar-refractivity contribution < 1.29 is 4.74 Å². The number of likely N-dealkylation sites (tertiary alicyclic amines) is 1. The van der Waals surface area contributed by atoms with Gasteiger partial charge in [0.25, 0.3) is 0 Å². The molecule has 0 amide bonds. The van der Waals surface area contributed by atoms with Gasteiger partial charge in [-0.1, -0.05) is 18.2 Å². The monoisotopic (exact) mass is 286 g/mol. The summed E-state index contributed by atoms with van der Waals surface area (Å²) in [5.74, 6) is 2.59. The quantitative estimate of drug-likeness (QED) is 0.924. The maximum atomic E-state index is 5.82. The highest BCUT2D eigenvalue weighted by molar-refractivity contribution is 5.39. The van der Waals surface area contributed by atoms with E-state index in [0.29, 0.717) is 5.92 Å². The largest absolute Gasteiger partial charge is 0.493 e. The van der Waals surface area contributed by atoms with E-state index in [2.05, 4.69) is 34.5 Å². The molecule has 3 heterocycles. The van der Waals surface area contributed by atoms with Gasteiger partial charge in [0.15, 0.2) is 0 Å². The van der Waals surface area contributed by atoms with E-state index in [1.54, 1.807) is 0 Å². The summed E-state index contributed by atoms with van der Waals surface area (Å²) in [6.07, 6.45) is 5.51. The molecule has 2 fully saturated rings. The van der Waals surface area contributed by atoms with Crippen LogP contribution in [0.2, 0.25) is 0 Å². The van der Waals surface area contributed by atoms with E-state index >= 15 is 0 Å². The molecule has 2 atom stereocenters. The third kappa shape index (κ3) is 2.82. The van der Waals surface area contributed by atoms with Crippen LogP contribution in [0.5, 0.6) is 5.75 Å². The number of nitrogens with zero attached hydrogens (tertiary/aromatic N) is 1. The Balaban J connectivity index is 1.31. The molecular weight excluding hydrogens is 260 g/mol. The highest BCUT2D eigenvalue weighted by Gasteiger charge is 2.31. The number of nitrogens with one attached hydrogen (secondary N) is 1. The topological polar surface area (TPSA) is 24.5 Å². The van der Waals surface area contributed by atoms with Crippen LogP contribution in [0.15, 0.2) is 24.3 Å². The molecule has 21 heavy (non-hydrogen) atoms.